The summed E-state index contributed by atoms with van der Waals surface area (Å²) < 4.78 is 2.00. The Kier molecular flexibility index (Phi) is 4.65. The molecule has 128 valence electrons. The first-order chi connectivity index (χ1) is 12.3. The van der Waals surface area contributed by atoms with Crippen LogP contribution in [0.1, 0.15) is 36.1 Å². The summed E-state index contributed by atoms with van der Waals surface area (Å²) in [7, 11) is 0. The van der Waals surface area contributed by atoms with Gasteiger partial charge in [0.15, 0.2) is 0 Å². The highest BCUT2D eigenvalue weighted by molar-refractivity contribution is 7.98. The van der Waals surface area contributed by atoms with Crippen LogP contribution in [-0.2, 0) is 12.3 Å². The fourth-order valence-corrected chi connectivity index (χ4v) is 3.81. The van der Waals surface area contributed by atoms with E-state index < -0.39 is 0 Å². The number of rotatable bonds is 5. The Labute approximate surface area is 151 Å². The second-order valence-corrected chi connectivity index (χ2v) is 7.09. The number of aryl methyl sites for hydroxylation is 2. The molecule has 3 aromatic rings. The molecule has 25 heavy (non-hydrogen) atoms. The fourth-order valence-electron chi connectivity index (χ4n) is 3.00. The van der Waals surface area contributed by atoms with Crippen LogP contribution in [0, 0.1) is 6.92 Å². The maximum Gasteiger partial charge on any atom is 0.149 e. The van der Waals surface area contributed by atoms with Crippen molar-refractivity contribution in [1.29, 1.82) is 0 Å². The minimum absolute atomic E-state index is 0.138. The fraction of sp³-hybridized carbons (Fsp3) is 0.333. The van der Waals surface area contributed by atoms with Crippen molar-refractivity contribution < 1.29 is 0 Å². The van der Waals surface area contributed by atoms with E-state index in [4.69, 9.17) is 4.98 Å². The Hall–Kier alpha value is -2.41. The summed E-state index contributed by atoms with van der Waals surface area (Å²) in [6, 6.07) is 10.5. The van der Waals surface area contributed by atoms with Gasteiger partial charge in [-0.2, -0.15) is 5.10 Å². The van der Waals surface area contributed by atoms with Gasteiger partial charge in [-0.1, -0.05) is 30.3 Å². The van der Waals surface area contributed by atoms with Gasteiger partial charge in [0.25, 0.3) is 0 Å². The molecule has 6 nitrogen and oxygen atoms in total. The van der Waals surface area contributed by atoms with Crippen molar-refractivity contribution in [1.82, 2.24) is 24.7 Å². The maximum absolute atomic E-state index is 4.69. The van der Waals surface area contributed by atoms with Crippen molar-refractivity contribution in [2.75, 3.05) is 5.32 Å². The number of benzene rings is 1. The molecule has 1 N–H and O–H groups in total. The van der Waals surface area contributed by atoms with E-state index in [0.717, 1.165) is 47.6 Å². The SMILES string of the molecule is Cc1nc2n(n1)CCCC2Nc1cncc(SCc2ccccc2)n1. The lowest BCUT2D eigenvalue weighted by Crippen LogP contribution is -2.23. The van der Waals surface area contributed by atoms with Crippen molar-refractivity contribution in [3.63, 3.8) is 0 Å². The molecule has 0 amide bonds. The van der Waals surface area contributed by atoms with E-state index >= 15 is 0 Å². The molecule has 4 rings (SSSR count). The van der Waals surface area contributed by atoms with Crippen molar-refractivity contribution in [2.24, 2.45) is 0 Å². The van der Waals surface area contributed by atoms with Crippen LogP contribution in [0.15, 0.2) is 47.8 Å². The molecule has 7 heteroatoms. The van der Waals surface area contributed by atoms with Crippen LogP contribution >= 0.6 is 11.8 Å². The lowest BCUT2D eigenvalue weighted by Gasteiger charge is -2.23. The molecule has 0 spiro atoms. The highest BCUT2D eigenvalue weighted by Crippen LogP contribution is 2.27. The molecular weight excluding hydrogens is 332 g/mol. The third-order valence-electron chi connectivity index (χ3n) is 4.14. The van der Waals surface area contributed by atoms with Crippen LogP contribution in [0.2, 0.25) is 0 Å². The van der Waals surface area contributed by atoms with Crippen LogP contribution in [0.4, 0.5) is 5.82 Å². The van der Waals surface area contributed by atoms with Crippen LogP contribution in [0.5, 0.6) is 0 Å². The number of aromatic nitrogens is 5. The van der Waals surface area contributed by atoms with Gasteiger partial charge < -0.3 is 5.32 Å². The van der Waals surface area contributed by atoms with E-state index in [-0.39, 0.29) is 6.04 Å². The number of hydrogen-bond donors (Lipinski definition) is 1. The Bertz CT molecular complexity index is 848. The topological polar surface area (TPSA) is 68.5 Å². The predicted molar refractivity (Wildman–Crippen MR) is 98.4 cm³/mol. The second kappa shape index (κ2) is 7.23. The monoisotopic (exact) mass is 352 g/mol. The molecule has 0 aliphatic carbocycles. The van der Waals surface area contributed by atoms with Crippen molar-refractivity contribution in [3.05, 3.63) is 59.9 Å². The molecule has 2 aromatic heterocycles. The van der Waals surface area contributed by atoms with Gasteiger partial charge in [-0.25, -0.2) is 14.6 Å². The molecule has 0 saturated heterocycles. The summed E-state index contributed by atoms with van der Waals surface area (Å²) in [5.74, 6) is 3.49. The Morgan fingerprint density at radius 1 is 1.20 bits per heavy atom. The average molecular weight is 352 g/mol. The Morgan fingerprint density at radius 3 is 2.96 bits per heavy atom. The number of anilines is 1. The number of nitrogens with one attached hydrogen (secondary N) is 1. The van der Waals surface area contributed by atoms with Gasteiger partial charge in [-0.05, 0) is 25.3 Å². The van der Waals surface area contributed by atoms with E-state index in [9.17, 15) is 0 Å². The molecule has 1 atom stereocenters. The first-order valence-electron chi connectivity index (χ1n) is 8.44. The number of nitrogens with zero attached hydrogens (tertiary/aromatic N) is 5. The predicted octanol–water partition coefficient (Wildman–Crippen LogP) is 3.62. The average Bonchev–Trinajstić information content (AvgIpc) is 3.03. The first-order valence-corrected chi connectivity index (χ1v) is 9.43. The zero-order valence-corrected chi connectivity index (χ0v) is 14.9. The van der Waals surface area contributed by atoms with Gasteiger partial charge in [-0.15, -0.1) is 11.8 Å². The lowest BCUT2D eigenvalue weighted by molar-refractivity contribution is 0.436. The van der Waals surface area contributed by atoms with E-state index in [1.165, 1.54) is 5.56 Å². The van der Waals surface area contributed by atoms with Crippen molar-refractivity contribution in [3.8, 4) is 0 Å². The van der Waals surface area contributed by atoms with Crippen molar-refractivity contribution >= 4 is 17.6 Å². The van der Waals surface area contributed by atoms with Crippen LogP contribution < -0.4 is 5.32 Å². The molecule has 1 aliphatic heterocycles. The minimum atomic E-state index is 0.138. The summed E-state index contributed by atoms with van der Waals surface area (Å²) in [6.45, 7) is 2.87. The summed E-state index contributed by atoms with van der Waals surface area (Å²) >= 11 is 1.69. The molecule has 1 aromatic carbocycles. The molecule has 1 aliphatic rings. The van der Waals surface area contributed by atoms with E-state index in [2.05, 4.69) is 44.6 Å². The Morgan fingerprint density at radius 2 is 2.08 bits per heavy atom. The quantitative estimate of drug-likeness (QED) is 0.708. The molecular formula is C18H20N6S. The molecule has 1 unspecified atom stereocenters. The van der Waals surface area contributed by atoms with E-state index in [1.54, 1.807) is 18.0 Å². The standard InChI is InChI=1S/C18H20N6S/c1-13-20-18-15(8-5-9-24(18)23-13)21-16-10-19-11-17(22-16)25-12-14-6-3-2-4-7-14/h2-4,6-7,10-11,15H,5,8-9,12H2,1H3,(H,21,22). The second-order valence-electron chi connectivity index (χ2n) is 6.10. The molecule has 0 radical (unpaired) electrons. The molecule has 0 bridgehead atoms. The molecule has 0 saturated carbocycles. The highest BCUT2D eigenvalue weighted by Gasteiger charge is 2.23. The van der Waals surface area contributed by atoms with Gasteiger partial charge in [0.05, 0.1) is 18.4 Å². The minimum Gasteiger partial charge on any atom is -0.359 e. The molecule has 3 heterocycles. The lowest BCUT2D eigenvalue weighted by atomic mass is 10.1. The number of fused-ring (bicyclic) bond motifs is 1. The third kappa shape index (κ3) is 3.82. The van der Waals surface area contributed by atoms with Gasteiger partial charge in [0.1, 0.15) is 22.5 Å². The van der Waals surface area contributed by atoms with Gasteiger partial charge >= 0.3 is 0 Å². The third-order valence-corrected chi connectivity index (χ3v) is 5.11. The maximum atomic E-state index is 4.69. The largest absolute Gasteiger partial charge is 0.359 e. The number of thioether (sulfide) groups is 1. The van der Waals surface area contributed by atoms with Crippen molar-refractivity contribution in [2.45, 2.75) is 43.1 Å². The van der Waals surface area contributed by atoms with Crippen LogP contribution in [0.25, 0.3) is 0 Å². The van der Waals surface area contributed by atoms with Crippen LogP contribution in [0.3, 0.4) is 0 Å². The highest BCUT2D eigenvalue weighted by atomic mass is 32.2. The Balaban J connectivity index is 1.45. The van der Waals surface area contributed by atoms with E-state index in [0.29, 0.717) is 0 Å². The summed E-state index contributed by atoms with van der Waals surface area (Å²) in [5, 5.41) is 8.85. The molecule has 0 fully saturated rings. The zero-order chi connectivity index (χ0) is 17.1. The number of hydrogen-bond acceptors (Lipinski definition) is 6. The van der Waals surface area contributed by atoms with Crippen LogP contribution in [-0.4, -0.2) is 24.7 Å². The summed E-state index contributed by atoms with van der Waals surface area (Å²) in [4.78, 5) is 13.6. The summed E-state index contributed by atoms with van der Waals surface area (Å²) in [5.41, 5.74) is 1.28. The normalized spacial score (nSPS) is 16.4. The first kappa shape index (κ1) is 16.1. The smallest absolute Gasteiger partial charge is 0.149 e. The zero-order valence-electron chi connectivity index (χ0n) is 14.1. The van der Waals surface area contributed by atoms with Gasteiger partial charge in [-0.3, -0.25) is 4.98 Å². The summed E-state index contributed by atoms with van der Waals surface area (Å²) in [6.07, 6.45) is 5.70. The van der Waals surface area contributed by atoms with E-state index in [1.807, 2.05) is 23.9 Å². The van der Waals surface area contributed by atoms with Gasteiger partial charge in [0, 0.05) is 12.3 Å². The van der Waals surface area contributed by atoms with Gasteiger partial charge in [0.2, 0.25) is 0 Å².